The molecule has 2 rings (SSSR count). The second-order valence-corrected chi connectivity index (χ2v) is 5.71. The molecule has 1 N–H and O–H groups in total. The first-order valence-corrected chi connectivity index (χ1v) is 7.17. The molecule has 18 heavy (non-hydrogen) atoms. The molecule has 1 fully saturated rings. The highest BCUT2D eigenvalue weighted by atomic mass is 35.5. The zero-order valence-corrected chi connectivity index (χ0v) is 12.0. The number of benzene rings is 1. The van der Waals surface area contributed by atoms with E-state index >= 15 is 0 Å². The molecule has 0 bridgehead atoms. The third-order valence-electron chi connectivity index (χ3n) is 3.78. The van der Waals surface area contributed by atoms with Crippen LogP contribution < -0.4 is 10.1 Å². The molecule has 0 heterocycles. The van der Waals surface area contributed by atoms with E-state index in [-0.39, 0.29) is 0 Å². The molecule has 1 aliphatic carbocycles. The van der Waals surface area contributed by atoms with Crippen LogP contribution in [0.5, 0.6) is 5.75 Å². The largest absolute Gasteiger partial charge is 0.495 e. The van der Waals surface area contributed by atoms with Crippen LogP contribution in [0.4, 0.5) is 5.69 Å². The van der Waals surface area contributed by atoms with Crippen LogP contribution in [0.15, 0.2) is 18.2 Å². The Morgan fingerprint density at radius 1 is 1.22 bits per heavy atom. The topological polar surface area (TPSA) is 21.3 Å². The van der Waals surface area contributed by atoms with Gasteiger partial charge in [0.25, 0.3) is 0 Å². The Morgan fingerprint density at radius 2 is 2.06 bits per heavy atom. The normalized spacial score (nSPS) is 24.4. The van der Waals surface area contributed by atoms with Gasteiger partial charge in [-0.2, -0.15) is 0 Å². The lowest BCUT2D eigenvalue weighted by atomic mass is 10.0. The summed E-state index contributed by atoms with van der Waals surface area (Å²) >= 11 is 6.03. The van der Waals surface area contributed by atoms with Crippen molar-refractivity contribution >= 4 is 17.3 Å². The van der Waals surface area contributed by atoms with Crippen LogP contribution in [-0.2, 0) is 0 Å². The molecule has 2 unspecified atom stereocenters. The Hall–Kier alpha value is -0.890. The SMILES string of the molecule is COc1cc(NC2CCCC(C)CC2)ccc1Cl. The molecule has 0 saturated heterocycles. The first-order chi connectivity index (χ1) is 8.69. The molecule has 100 valence electrons. The maximum atomic E-state index is 6.03. The van der Waals surface area contributed by atoms with Crippen molar-refractivity contribution in [3.05, 3.63) is 23.2 Å². The van der Waals surface area contributed by atoms with E-state index < -0.39 is 0 Å². The van der Waals surface area contributed by atoms with Crippen LogP contribution in [0, 0.1) is 5.92 Å². The number of hydrogen-bond acceptors (Lipinski definition) is 2. The van der Waals surface area contributed by atoms with Crippen LogP contribution in [0.1, 0.15) is 39.0 Å². The summed E-state index contributed by atoms with van der Waals surface area (Å²) in [5, 5.41) is 4.27. The van der Waals surface area contributed by atoms with Crippen LogP contribution in [0.2, 0.25) is 5.02 Å². The van der Waals surface area contributed by atoms with Crippen LogP contribution in [0.3, 0.4) is 0 Å². The van der Waals surface area contributed by atoms with Crippen molar-refractivity contribution < 1.29 is 4.74 Å². The van der Waals surface area contributed by atoms with Crippen molar-refractivity contribution in [2.75, 3.05) is 12.4 Å². The summed E-state index contributed by atoms with van der Waals surface area (Å²) in [6, 6.07) is 6.48. The van der Waals surface area contributed by atoms with E-state index in [0.29, 0.717) is 11.1 Å². The van der Waals surface area contributed by atoms with Crippen LogP contribution in [0.25, 0.3) is 0 Å². The van der Waals surface area contributed by atoms with Crippen molar-refractivity contribution in [3.8, 4) is 5.75 Å². The Bertz CT molecular complexity index is 394. The summed E-state index contributed by atoms with van der Waals surface area (Å²) in [7, 11) is 1.65. The molecule has 0 radical (unpaired) electrons. The predicted molar refractivity (Wildman–Crippen MR) is 77.7 cm³/mol. The van der Waals surface area contributed by atoms with E-state index in [1.54, 1.807) is 7.11 Å². The minimum Gasteiger partial charge on any atom is -0.495 e. The molecule has 1 aromatic rings. The van der Waals surface area contributed by atoms with Gasteiger partial charge in [0.15, 0.2) is 0 Å². The highest BCUT2D eigenvalue weighted by molar-refractivity contribution is 6.32. The maximum absolute atomic E-state index is 6.03. The maximum Gasteiger partial charge on any atom is 0.139 e. The van der Waals surface area contributed by atoms with E-state index in [9.17, 15) is 0 Å². The monoisotopic (exact) mass is 267 g/mol. The van der Waals surface area contributed by atoms with Gasteiger partial charge < -0.3 is 10.1 Å². The minimum atomic E-state index is 0.584. The highest BCUT2D eigenvalue weighted by Gasteiger charge is 2.16. The van der Waals surface area contributed by atoms with Crippen molar-refractivity contribution in [1.82, 2.24) is 0 Å². The molecular weight excluding hydrogens is 246 g/mol. The number of rotatable bonds is 3. The van der Waals surface area contributed by atoms with E-state index in [4.69, 9.17) is 16.3 Å². The van der Waals surface area contributed by atoms with Gasteiger partial charge in [0.2, 0.25) is 0 Å². The molecule has 2 atom stereocenters. The molecule has 1 saturated carbocycles. The molecular formula is C15H22ClNO. The fraction of sp³-hybridized carbons (Fsp3) is 0.600. The first-order valence-electron chi connectivity index (χ1n) is 6.79. The van der Waals surface area contributed by atoms with Gasteiger partial charge in [-0.15, -0.1) is 0 Å². The number of halogens is 1. The van der Waals surface area contributed by atoms with Gasteiger partial charge >= 0.3 is 0 Å². The molecule has 1 aromatic carbocycles. The number of methoxy groups -OCH3 is 1. The summed E-state index contributed by atoms with van der Waals surface area (Å²) in [6.45, 7) is 2.35. The second-order valence-electron chi connectivity index (χ2n) is 5.30. The van der Waals surface area contributed by atoms with Gasteiger partial charge in [0.1, 0.15) is 5.75 Å². The fourth-order valence-corrected chi connectivity index (χ4v) is 2.81. The number of ether oxygens (including phenoxy) is 1. The average Bonchev–Trinajstić information content (AvgIpc) is 2.57. The second kappa shape index (κ2) is 6.33. The van der Waals surface area contributed by atoms with Gasteiger partial charge in [0.05, 0.1) is 12.1 Å². The van der Waals surface area contributed by atoms with E-state index in [1.165, 1.54) is 32.1 Å². The summed E-state index contributed by atoms with van der Waals surface area (Å²) in [5.41, 5.74) is 1.11. The van der Waals surface area contributed by atoms with Crippen molar-refractivity contribution in [1.29, 1.82) is 0 Å². The quantitative estimate of drug-likeness (QED) is 0.800. The summed E-state index contributed by atoms with van der Waals surface area (Å²) in [4.78, 5) is 0. The minimum absolute atomic E-state index is 0.584. The summed E-state index contributed by atoms with van der Waals surface area (Å²) in [5.74, 6) is 1.61. The van der Waals surface area contributed by atoms with Crippen LogP contribution >= 0.6 is 11.6 Å². The van der Waals surface area contributed by atoms with E-state index in [1.807, 2.05) is 18.2 Å². The molecule has 0 aliphatic heterocycles. The van der Waals surface area contributed by atoms with E-state index in [0.717, 1.165) is 17.4 Å². The number of nitrogens with one attached hydrogen (secondary N) is 1. The number of anilines is 1. The smallest absolute Gasteiger partial charge is 0.139 e. The van der Waals surface area contributed by atoms with Gasteiger partial charge in [-0.05, 0) is 37.3 Å². The Balaban J connectivity index is 2.00. The lowest BCUT2D eigenvalue weighted by Crippen LogP contribution is -2.18. The van der Waals surface area contributed by atoms with Crippen molar-refractivity contribution in [2.24, 2.45) is 5.92 Å². The summed E-state index contributed by atoms with van der Waals surface area (Å²) < 4.78 is 5.24. The fourth-order valence-electron chi connectivity index (χ4n) is 2.62. The third-order valence-corrected chi connectivity index (χ3v) is 4.09. The molecule has 3 heteroatoms. The lowest BCUT2D eigenvalue weighted by Gasteiger charge is -2.18. The third kappa shape index (κ3) is 3.55. The number of hydrogen-bond donors (Lipinski definition) is 1. The van der Waals surface area contributed by atoms with Crippen molar-refractivity contribution in [3.63, 3.8) is 0 Å². The lowest BCUT2D eigenvalue weighted by molar-refractivity contribution is 0.415. The Morgan fingerprint density at radius 3 is 2.83 bits per heavy atom. The molecule has 1 aliphatic rings. The molecule has 0 spiro atoms. The van der Waals surface area contributed by atoms with Crippen LogP contribution in [-0.4, -0.2) is 13.2 Å². The zero-order chi connectivity index (χ0) is 13.0. The van der Waals surface area contributed by atoms with Gasteiger partial charge in [-0.3, -0.25) is 0 Å². The predicted octanol–water partition coefficient (Wildman–Crippen LogP) is 4.73. The van der Waals surface area contributed by atoms with Gasteiger partial charge in [0, 0.05) is 17.8 Å². The Labute approximate surface area is 115 Å². The average molecular weight is 268 g/mol. The Kier molecular flexibility index (Phi) is 4.76. The molecule has 0 aromatic heterocycles. The van der Waals surface area contributed by atoms with E-state index in [2.05, 4.69) is 12.2 Å². The van der Waals surface area contributed by atoms with Gasteiger partial charge in [-0.25, -0.2) is 0 Å². The van der Waals surface area contributed by atoms with Gasteiger partial charge in [-0.1, -0.05) is 31.4 Å². The molecule has 0 amide bonds. The van der Waals surface area contributed by atoms with Crippen molar-refractivity contribution in [2.45, 2.75) is 45.1 Å². The zero-order valence-electron chi connectivity index (χ0n) is 11.2. The molecule has 2 nitrogen and oxygen atoms in total. The highest BCUT2D eigenvalue weighted by Crippen LogP contribution is 2.30. The standard InChI is InChI=1S/C15H22ClNO/c1-11-4-3-5-12(7-6-11)17-13-8-9-14(16)15(10-13)18-2/h8-12,17H,3-7H2,1-2H3. The first kappa shape index (κ1) is 13.5. The summed E-state index contributed by atoms with van der Waals surface area (Å²) in [6.07, 6.45) is 6.52.